The van der Waals surface area contributed by atoms with Crippen LogP contribution in [0.25, 0.3) is 0 Å². The fraction of sp³-hybridized carbons (Fsp3) is 0.235. The third-order valence-electron chi connectivity index (χ3n) is 3.18. The highest BCUT2D eigenvalue weighted by Gasteiger charge is 2.05. The second-order valence-electron chi connectivity index (χ2n) is 5.12. The van der Waals surface area contributed by atoms with Gasteiger partial charge < -0.3 is 15.4 Å². The molecular weight excluding hydrogens is 335 g/mol. The number of halogens is 2. The largest absolute Gasteiger partial charge is 0.490 e. The maximum atomic E-state index is 11.9. The fourth-order valence-corrected chi connectivity index (χ4v) is 2.29. The van der Waals surface area contributed by atoms with Crippen LogP contribution in [0, 0.1) is 13.8 Å². The molecular formula is C17H18Cl2N2O2. The molecule has 0 aromatic heterocycles. The van der Waals surface area contributed by atoms with Crippen LogP contribution in [-0.2, 0) is 0 Å². The van der Waals surface area contributed by atoms with Gasteiger partial charge in [-0.3, -0.25) is 0 Å². The van der Waals surface area contributed by atoms with E-state index in [0.717, 1.165) is 11.1 Å². The Labute approximate surface area is 145 Å². The maximum absolute atomic E-state index is 11.9. The number of anilines is 1. The van der Waals surface area contributed by atoms with E-state index in [9.17, 15) is 4.79 Å². The molecule has 2 aromatic rings. The van der Waals surface area contributed by atoms with Gasteiger partial charge in [0.1, 0.15) is 12.4 Å². The number of rotatable bonds is 5. The molecule has 23 heavy (non-hydrogen) atoms. The number of carbonyl (C=O) groups is 1. The van der Waals surface area contributed by atoms with Crippen LogP contribution in [0.2, 0.25) is 10.0 Å². The summed E-state index contributed by atoms with van der Waals surface area (Å²) >= 11 is 12.0. The summed E-state index contributed by atoms with van der Waals surface area (Å²) in [5, 5.41) is 6.60. The molecule has 2 amide bonds. The van der Waals surface area contributed by atoms with Gasteiger partial charge >= 0.3 is 6.03 Å². The molecule has 0 aliphatic rings. The van der Waals surface area contributed by atoms with Gasteiger partial charge in [-0.05, 0) is 49.2 Å². The SMILES string of the molecule is Cc1ccc(Cl)c(OCCNC(=O)Nc2cc(Cl)ccc2C)c1. The molecule has 0 saturated carbocycles. The van der Waals surface area contributed by atoms with Crippen LogP contribution in [0.3, 0.4) is 0 Å². The van der Waals surface area contributed by atoms with E-state index in [4.69, 9.17) is 27.9 Å². The molecule has 0 fully saturated rings. The van der Waals surface area contributed by atoms with Gasteiger partial charge in [-0.2, -0.15) is 0 Å². The van der Waals surface area contributed by atoms with Gasteiger partial charge in [-0.1, -0.05) is 35.3 Å². The molecule has 0 unspecified atom stereocenters. The molecule has 0 saturated heterocycles. The first-order valence-corrected chi connectivity index (χ1v) is 7.91. The third kappa shape index (κ3) is 5.34. The van der Waals surface area contributed by atoms with Gasteiger partial charge in [-0.15, -0.1) is 0 Å². The molecule has 0 bridgehead atoms. The van der Waals surface area contributed by atoms with Crippen LogP contribution in [0.4, 0.5) is 10.5 Å². The van der Waals surface area contributed by atoms with Gasteiger partial charge in [0.15, 0.2) is 0 Å². The Bertz CT molecular complexity index is 705. The highest BCUT2D eigenvalue weighted by Crippen LogP contribution is 2.25. The lowest BCUT2D eigenvalue weighted by molar-refractivity contribution is 0.247. The van der Waals surface area contributed by atoms with Crippen LogP contribution in [0.15, 0.2) is 36.4 Å². The highest BCUT2D eigenvalue weighted by atomic mass is 35.5. The summed E-state index contributed by atoms with van der Waals surface area (Å²) in [6, 6.07) is 10.6. The zero-order valence-corrected chi connectivity index (χ0v) is 14.5. The number of hydrogen-bond donors (Lipinski definition) is 2. The van der Waals surface area contributed by atoms with E-state index in [1.54, 1.807) is 18.2 Å². The van der Waals surface area contributed by atoms with Crippen molar-refractivity contribution >= 4 is 34.9 Å². The summed E-state index contributed by atoms with van der Waals surface area (Å²) < 4.78 is 5.57. The van der Waals surface area contributed by atoms with Crippen LogP contribution >= 0.6 is 23.2 Å². The van der Waals surface area contributed by atoms with Crippen molar-refractivity contribution in [2.24, 2.45) is 0 Å². The summed E-state index contributed by atoms with van der Waals surface area (Å²) in [7, 11) is 0. The monoisotopic (exact) mass is 352 g/mol. The molecule has 0 aliphatic heterocycles. The average molecular weight is 353 g/mol. The number of ether oxygens (including phenoxy) is 1. The molecule has 0 heterocycles. The molecule has 4 nitrogen and oxygen atoms in total. The summed E-state index contributed by atoms with van der Waals surface area (Å²) in [5.41, 5.74) is 2.68. The Morgan fingerprint density at radius 3 is 2.70 bits per heavy atom. The predicted octanol–water partition coefficient (Wildman–Crippen LogP) is 4.81. The summed E-state index contributed by atoms with van der Waals surface area (Å²) in [6.07, 6.45) is 0. The molecule has 0 spiro atoms. The van der Waals surface area contributed by atoms with Gasteiger partial charge in [-0.25, -0.2) is 4.79 Å². The zero-order chi connectivity index (χ0) is 16.8. The second-order valence-corrected chi connectivity index (χ2v) is 5.97. The Kier molecular flexibility index (Phi) is 6.13. The number of hydrogen-bond acceptors (Lipinski definition) is 2. The van der Waals surface area contributed by atoms with Crippen molar-refractivity contribution in [1.29, 1.82) is 0 Å². The van der Waals surface area contributed by atoms with Crippen LogP contribution < -0.4 is 15.4 Å². The van der Waals surface area contributed by atoms with Crippen LogP contribution in [0.5, 0.6) is 5.75 Å². The topological polar surface area (TPSA) is 50.4 Å². The smallest absolute Gasteiger partial charge is 0.319 e. The molecule has 2 N–H and O–H groups in total. The highest BCUT2D eigenvalue weighted by molar-refractivity contribution is 6.32. The van der Waals surface area contributed by atoms with Crippen molar-refractivity contribution in [1.82, 2.24) is 5.32 Å². The molecule has 0 aliphatic carbocycles. The van der Waals surface area contributed by atoms with Crippen molar-refractivity contribution < 1.29 is 9.53 Å². The Hall–Kier alpha value is -1.91. The number of benzene rings is 2. The van der Waals surface area contributed by atoms with Gasteiger partial charge in [0.05, 0.1) is 11.6 Å². The first-order valence-electron chi connectivity index (χ1n) is 7.15. The molecule has 122 valence electrons. The summed E-state index contributed by atoms with van der Waals surface area (Å²) in [5.74, 6) is 0.611. The van der Waals surface area contributed by atoms with E-state index in [2.05, 4.69) is 10.6 Å². The van der Waals surface area contributed by atoms with E-state index in [1.807, 2.05) is 32.0 Å². The lowest BCUT2D eigenvalue weighted by Crippen LogP contribution is -2.32. The number of carbonyl (C=O) groups excluding carboxylic acids is 1. The Morgan fingerprint density at radius 1 is 1.13 bits per heavy atom. The standard InChI is InChI=1S/C17H18Cl2N2O2/c1-11-3-6-14(19)16(9-11)23-8-7-20-17(22)21-15-10-13(18)5-4-12(15)2/h3-6,9-10H,7-8H2,1-2H3,(H2,20,21,22). The van der Waals surface area contributed by atoms with Gasteiger partial charge in [0.2, 0.25) is 0 Å². The minimum absolute atomic E-state index is 0.311. The first-order chi connectivity index (χ1) is 11.0. The molecule has 0 radical (unpaired) electrons. The van der Waals surface area contributed by atoms with E-state index in [-0.39, 0.29) is 6.03 Å². The quantitative estimate of drug-likeness (QED) is 0.758. The number of aryl methyl sites for hydroxylation is 2. The molecule has 2 aromatic carbocycles. The number of nitrogens with one attached hydrogen (secondary N) is 2. The van der Waals surface area contributed by atoms with Crippen molar-refractivity contribution in [2.45, 2.75) is 13.8 Å². The maximum Gasteiger partial charge on any atom is 0.319 e. The Balaban J connectivity index is 1.79. The number of amides is 2. The lowest BCUT2D eigenvalue weighted by atomic mass is 10.2. The van der Waals surface area contributed by atoms with Crippen molar-refractivity contribution in [3.05, 3.63) is 57.6 Å². The zero-order valence-electron chi connectivity index (χ0n) is 13.0. The lowest BCUT2D eigenvalue weighted by Gasteiger charge is -2.12. The minimum Gasteiger partial charge on any atom is -0.490 e. The van der Waals surface area contributed by atoms with Crippen LogP contribution in [-0.4, -0.2) is 19.2 Å². The van der Waals surface area contributed by atoms with Gasteiger partial charge in [0, 0.05) is 10.7 Å². The van der Waals surface area contributed by atoms with Crippen molar-refractivity contribution in [3.8, 4) is 5.75 Å². The van der Waals surface area contributed by atoms with Crippen molar-refractivity contribution in [3.63, 3.8) is 0 Å². The summed E-state index contributed by atoms with van der Waals surface area (Å²) in [4.78, 5) is 11.9. The second kappa shape index (κ2) is 8.09. The van der Waals surface area contributed by atoms with Crippen LogP contribution in [0.1, 0.15) is 11.1 Å². The Morgan fingerprint density at radius 2 is 1.91 bits per heavy atom. The van der Waals surface area contributed by atoms with Gasteiger partial charge in [0.25, 0.3) is 0 Å². The normalized spacial score (nSPS) is 10.3. The fourth-order valence-electron chi connectivity index (χ4n) is 1.94. The first kappa shape index (κ1) is 17.4. The van der Waals surface area contributed by atoms with E-state index >= 15 is 0 Å². The minimum atomic E-state index is -0.311. The summed E-state index contributed by atoms with van der Waals surface area (Å²) in [6.45, 7) is 4.54. The van der Waals surface area contributed by atoms with Crippen molar-refractivity contribution in [2.75, 3.05) is 18.5 Å². The van der Waals surface area contributed by atoms with E-state index < -0.39 is 0 Å². The molecule has 2 rings (SSSR count). The third-order valence-corrected chi connectivity index (χ3v) is 3.73. The molecule has 6 heteroatoms. The number of urea groups is 1. The predicted molar refractivity (Wildman–Crippen MR) is 94.9 cm³/mol. The molecule has 0 atom stereocenters. The van der Waals surface area contributed by atoms with E-state index in [1.165, 1.54) is 0 Å². The van der Waals surface area contributed by atoms with E-state index in [0.29, 0.717) is 34.6 Å². The average Bonchev–Trinajstić information content (AvgIpc) is 2.50.